The zero-order valence-corrected chi connectivity index (χ0v) is 13.0. The van der Waals surface area contributed by atoms with Crippen LogP contribution in [0.3, 0.4) is 0 Å². The monoisotopic (exact) mass is 283 g/mol. The van der Waals surface area contributed by atoms with E-state index in [1.165, 1.54) is 22.2 Å². The molecular weight excluding hydrogens is 267 g/mol. The summed E-state index contributed by atoms with van der Waals surface area (Å²) in [6, 6.07) is 8.59. The molecule has 0 amide bonds. The Kier molecular flexibility index (Phi) is 3.04. The molecule has 1 aromatic heterocycles. The van der Waals surface area contributed by atoms with Gasteiger partial charge in [-0.1, -0.05) is 27.1 Å². The third-order valence-electron chi connectivity index (χ3n) is 3.65. The van der Waals surface area contributed by atoms with E-state index in [1.54, 1.807) is 0 Å². The Morgan fingerprint density at radius 3 is 2.94 bits per heavy atom. The number of para-hydroxylation sites is 1. The van der Waals surface area contributed by atoms with Crippen LogP contribution in [-0.2, 0) is 16.5 Å². The number of nitrogens with zero attached hydrogens (tertiary/aromatic N) is 1. The van der Waals surface area contributed by atoms with Gasteiger partial charge in [0.2, 0.25) is 0 Å². The zero-order chi connectivity index (χ0) is 12.0. The van der Waals surface area contributed by atoms with Crippen LogP contribution in [0.2, 0.25) is 0 Å². The second-order valence-electron chi connectivity index (χ2n) is 4.67. The number of hydrogen-bond donors (Lipinski definition) is 0. The molecule has 1 aliphatic rings. The average Bonchev–Trinajstić information content (AvgIpc) is 2.80. The summed E-state index contributed by atoms with van der Waals surface area (Å²) < 4.78 is 8.21. The van der Waals surface area contributed by atoms with Crippen molar-refractivity contribution in [3.05, 3.63) is 35.5 Å². The van der Waals surface area contributed by atoms with Gasteiger partial charge in [-0.3, -0.25) is 0 Å². The molecule has 0 fully saturated rings. The van der Waals surface area contributed by atoms with Crippen molar-refractivity contribution in [2.24, 2.45) is 0 Å². The lowest BCUT2D eigenvalue weighted by Gasteiger charge is -2.25. The maximum atomic E-state index is 5.98. The van der Waals surface area contributed by atoms with Gasteiger partial charge in [0.1, 0.15) is 5.60 Å². The minimum Gasteiger partial charge on any atom is -0.346 e. The standard InChI is InChI=1S/C12H16NOP3/c1-12(14-17-16)7-6-9-8-4-2-3-5-10(8)13(15)11(9)12/h2-5,17H,6-7,15-16H2,1H3. The summed E-state index contributed by atoms with van der Waals surface area (Å²) in [6.45, 7) is 2.20. The van der Waals surface area contributed by atoms with E-state index in [4.69, 9.17) is 4.52 Å². The molecule has 1 heterocycles. The third kappa shape index (κ3) is 1.70. The van der Waals surface area contributed by atoms with E-state index in [0.29, 0.717) is 8.50 Å². The molecule has 0 saturated heterocycles. The molecule has 4 atom stereocenters. The maximum absolute atomic E-state index is 5.98. The Bertz CT molecular complexity index is 580. The van der Waals surface area contributed by atoms with E-state index in [9.17, 15) is 0 Å². The summed E-state index contributed by atoms with van der Waals surface area (Å²) in [5, 5.41) is 1.37. The predicted molar refractivity (Wildman–Crippen MR) is 81.8 cm³/mol. The van der Waals surface area contributed by atoms with Crippen molar-refractivity contribution in [2.75, 3.05) is 0 Å². The van der Waals surface area contributed by atoms with Crippen LogP contribution in [0.15, 0.2) is 24.3 Å². The molecule has 1 aliphatic carbocycles. The highest BCUT2D eigenvalue weighted by Crippen LogP contribution is 2.49. The first-order valence-corrected chi connectivity index (χ1v) is 8.92. The average molecular weight is 283 g/mol. The second kappa shape index (κ2) is 4.29. The topological polar surface area (TPSA) is 14.2 Å². The minimum atomic E-state index is -0.129. The van der Waals surface area contributed by atoms with Crippen molar-refractivity contribution in [1.29, 1.82) is 0 Å². The van der Waals surface area contributed by atoms with Crippen LogP contribution >= 0.6 is 26.8 Å². The van der Waals surface area contributed by atoms with Gasteiger partial charge in [-0.25, -0.2) is 0 Å². The van der Waals surface area contributed by atoms with Gasteiger partial charge in [-0.05, 0) is 40.8 Å². The zero-order valence-electron chi connectivity index (χ0n) is 9.73. The molecule has 2 nitrogen and oxygen atoms in total. The fraction of sp³-hybridized carbons (Fsp3) is 0.333. The Labute approximate surface area is 108 Å². The van der Waals surface area contributed by atoms with Crippen molar-refractivity contribution >= 4 is 37.7 Å². The predicted octanol–water partition coefficient (Wildman–Crippen LogP) is 3.84. The summed E-state index contributed by atoms with van der Waals surface area (Å²) in [5.41, 5.74) is 3.94. The Hall–Kier alpha value is 0.0100. The van der Waals surface area contributed by atoms with Crippen LogP contribution in [0.5, 0.6) is 0 Å². The number of benzene rings is 1. The lowest BCUT2D eigenvalue weighted by molar-refractivity contribution is 0.110. The first kappa shape index (κ1) is 12.1. The Morgan fingerprint density at radius 2 is 2.18 bits per heavy atom. The fourth-order valence-electron chi connectivity index (χ4n) is 2.87. The van der Waals surface area contributed by atoms with Crippen LogP contribution in [-0.4, -0.2) is 4.34 Å². The molecule has 4 unspecified atom stereocenters. The molecule has 0 spiro atoms. The summed E-state index contributed by atoms with van der Waals surface area (Å²) in [7, 11) is 5.96. The van der Waals surface area contributed by atoms with Crippen LogP contribution in [0.4, 0.5) is 0 Å². The summed E-state index contributed by atoms with van der Waals surface area (Å²) in [4.78, 5) is 0. The number of hydrogen-bond acceptors (Lipinski definition) is 1. The third-order valence-corrected chi connectivity index (χ3v) is 5.11. The van der Waals surface area contributed by atoms with Crippen LogP contribution in [0.1, 0.15) is 24.6 Å². The molecular formula is C12H16NOP3. The molecule has 2 aromatic rings. The van der Waals surface area contributed by atoms with E-state index in [2.05, 4.69) is 53.8 Å². The van der Waals surface area contributed by atoms with Gasteiger partial charge in [-0.2, -0.15) is 0 Å². The van der Waals surface area contributed by atoms with Crippen molar-refractivity contribution < 1.29 is 4.52 Å². The molecule has 1 aromatic carbocycles. The smallest absolute Gasteiger partial charge is 0.110 e. The highest BCUT2D eigenvalue weighted by molar-refractivity contribution is 8.00. The molecule has 0 N–H and O–H groups in total. The molecule has 0 radical (unpaired) electrons. The maximum Gasteiger partial charge on any atom is 0.110 e. The molecule has 5 heteroatoms. The van der Waals surface area contributed by atoms with Gasteiger partial charge in [-0.15, -0.1) is 0 Å². The Morgan fingerprint density at radius 1 is 1.41 bits per heavy atom. The molecule has 17 heavy (non-hydrogen) atoms. The SMILES string of the molecule is CC1(OPP)CCc2c1n(P)c1ccccc21. The van der Waals surface area contributed by atoms with Gasteiger partial charge < -0.3 is 8.86 Å². The minimum absolute atomic E-state index is 0.129. The van der Waals surface area contributed by atoms with Gasteiger partial charge in [0.15, 0.2) is 0 Å². The van der Waals surface area contributed by atoms with E-state index in [-0.39, 0.29) is 5.60 Å². The Balaban J connectivity index is 2.28. The highest BCUT2D eigenvalue weighted by atomic mass is 32.0. The van der Waals surface area contributed by atoms with E-state index in [1.807, 2.05) is 0 Å². The van der Waals surface area contributed by atoms with Crippen molar-refractivity contribution in [2.45, 2.75) is 25.4 Å². The van der Waals surface area contributed by atoms with Crippen molar-refractivity contribution in [1.82, 2.24) is 4.34 Å². The summed E-state index contributed by atoms with van der Waals surface area (Å²) >= 11 is 0. The van der Waals surface area contributed by atoms with Gasteiger partial charge in [0.25, 0.3) is 0 Å². The number of fused-ring (bicyclic) bond motifs is 3. The number of aryl methyl sites for hydroxylation is 1. The summed E-state index contributed by atoms with van der Waals surface area (Å²) in [6.07, 6.45) is 2.20. The van der Waals surface area contributed by atoms with E-state index < -0.39 is 0 Å². The van der Waals surface area contributed by atoms with E-state index in [0.717, 1.165) is 12.8 Å². The lowest BCUT2D eigenvalue weighted by Crippen LogP contribution is -2.20. The fourth-order valence-corrected chi connectivity index (χ4v) is 4.76. The molecule has 0 aliphatic heterocycles. The normalized spacial score (nSPS) is 23.9. The quantitative estimate of drug-likeness (QED) is 0.764. The summed E-state index contributed by atoms with van der Waals surface area (Å²) in [5.74, 6) is 0. The van der Waals surface area contributed by atoms with Crippen molar-refractivity contribution in [3.63, 3.8) is 0 Å². The highest BCUT2D eigenvalue weighted by Gasteiger charge is 2.39. The van der Waals surface area contributed by atoms with Gasteiger partial charge in [0.05, 0.1) is 11.2 Å². The second-order valence-corrected chi connectivity index (χ2v) is 6.33. The van der Waals surface area contributed by atoms with Crippen LogP contribution < -0.4 is 0 Å². The van der Waals surface area contributed by atoms with Gasteiger partial charge >= 0.3 is 0 Å². The van der Waals surface area contributed by atoms with Crippen molar-refractivity contribution in [3.8, 4) is 0 Å². The van der Waals surface area contributed by atoms with Gasteiger partial charge in [0, 0.05) is 13.9 Å². The molecule has 90 valence electrons. The molecule has 0 bridgehead atoms. The number of aromatic nitrogens is 1. The largest absolute Gasteiger partial charge is 0.346 e. The molecule has 0 saturated carbocycles. The van der Waals surface area contributed by atoms with Crippen LogP contribution in [0.25, 0.3) is 10.9 Å². The van der Waals surface area contributed by atoms with E-state index >= 15 is 0 Å². The lowest BCUT2D eigenvalue weighted by atomic mass is 10.1. The first-order valence-electron chi connectivity index (χ1n) is 5.69. The first-order chi connectivity index (χ1) is 8.17. The molecule has 3 rings (SSSR count). The van der Waals surface area contributed by atoms with Crippen LogP contribution in [0, 0.1) is 0 Å². The number of rotatable bonds is 2.